The Balaban J connectivity index is 1.54. The molecule has 0 atom stereocenters. The van der Waals surface area contributed by atoms with Gasteiger partial charge in [-0.2, -0.15) is 5.10 Å². The number of carbonyl (C=O) groups is 3. The number of benzene rings is 3. The smallest absolute Gasteiger partial charge is 0.274 e. The zero-order valence-electron chi connectivity index (χ0n) is 18.5. The molecule has 0 aliphatic rings. The number of anilines is 3. The maximum atomic E-state index is 13.0. The Morgan fingerprint density at radius 3 is 2.26 bits per heavy atom. The standard InChI is InChI=1S/C26H21N5O3S/c32-23(18-9-3-1-4-10-18)17-22(25(34)29-26-27-15-16-35-26)30-31-24(33)20-13-7-8-14-21(20)28-19-11-5-2-6-12-19/h1-16,28H,17H2,(H,31,33)(H,27,29,34). The number of ketones is 1. The van der Waals surface area contributed by atoms with E-state index in [1.165, 1.54) is 11.3 Å². The molecule has 0 aliphatic heterocycles. The van der Waals surface area contributed by atoms with E-state index in [1.807, 2.05) is 30.3 Å². The van der Waals surface area contributed by atoms with E-state index in [-0.39, 0.29) is 17.9 Å². The molecule has 174 valence electrons. The predicted molar refractivity (Wildman–Crippen MR) is 137 cm³/mol. The van der Waals surface area contributed by atoms with Crippen molar-refractivity contribution in [1.82, 2.24) is 10.4 Å². The van der Waals surface area contributed by atoms with E-state index in [2.05, 4.69) is 26.1 Å². The number of nitrogens with one attached hydrogen (secondary N) is 3. The summed E-state index contributed by atoms with van der Waals surface area (Å²) in [5.74, 6) is -1.46. The fourth-order valence-electron chi connectivity index (χ4n) is 3.15. The third-order valence-electron chi connectivity index (χ3n) is 4.86. The van der Waals surface area contributed by atoms with Gasteiger partial charge in [0.15, 0.2) is 10.9 Å². The molecule has 35 heavy (non-hydrogen) atoms. The van der Waals surface area contributed by atoms with E-state index in [9.17, 15) is 14.4 Å². The van der Waals surface area contributed by atoms with Crippen LogP contribution in [0.5, 0.6) is 0 Å². The highest BCUT2D eigenvalue weighted by Crippen LogP contribution is 2.20. The van der Waals surface area contributed by atoms with Crippen molar-refractivity contribution in [1.29, 1.82) is 0 Å². The quantitative estimate of drug-likeness (QED) is 0.178. The van der Waals surface area contributed by atoms with Gasteiger partial charge in [-0.25, -0.2) is 10.4 Å². The van der Waals surface area contributed by atoms with Gasteiger partial charge in [0, 0.05) is 22.8 Å². The molecule has 0 unspecified atom stereocenters. The van der Waals surface area contributed by atoms with Gasteiger partial charge < -0.3 is 5.32 Å². The molecule has 1 aromatic heterocycles. The van der Waals surface area contributed by atoms with Gasteiger partial charge in [0.1, 0.15) is 5.71 Å². The van der Waals surface area contributed by atoms with Crippen LogP contribution in [-0.4, -0.2) is 28.3 Å². The number of nitrogens with zero attached hydrogens (tertiary/aromatic N) is 2. The Morgan fingerprint density at radius 1 is 0.857 bits per heavy atom. The van der Waals surface area contributed by atoms with Crippen LogP contribution in [0.4, 0.5) is 16.5 Å². The monoisotopic (exact) mass is 483 g/mol. The van der Waals surface area contributed by atoms with Crippen molar-refractivity contribution < 1.29 is 14.4 Å². The summed E-state index contributed by atoms with van der Waals surface area (Å²) in [6.07, 6.45) is 1.25. The average molecular weight is 484 g/mol. The third kappa shape index (κ3) is 6.46. The number of aromatic nitrogens is 1. The molecule has 0 radical (unpaired) electrons. The Bertz CT molecular complexity index is 1340. The first-order valence-corrected chi connectivity index (χ1v) is 11.6. The molecule has 3 aromatic carbocycles. The van der Waals surface area contributed by atoms with Gasteiger partial charge in [-0.05, 0) is 24.3 Å². The topological polar surface area (TPSA) is 113 Å². The summed E-state index contributed by atoms with van der Waals surface area (Å²) in [5.41, 5.74) is 4.43. The van der Waals surface area contributed by atoms with E-state index >= 15 is 0 Å². The highest BCUT2D eigenvalue weighted by atomic mass is 32.1. The highest BCUT2D eigenvalue weighted by molar-refractivity contribution is 7.13. The summed E-state index contributed by atoms with van der Waals surface area (Å²) in [7, 11) is 0. The van der Waals surface area contributed by atoms with E-state index < -0.39 is 11.8 Å². The molecular formula is C26H21N5O3S. The van der Waals surface area contributed by atoms with Crippen LogP contribution in [0, 0.1) is 0 Å². The third-order valence-corrected chi connectivity index (χ3v) is 5.54. The van der Waals surface area contributed by atoms with Crippen LogP contribution >= 0.6 is 11.3 Å². The van der Waals surface area contributed by atoms with Gasteiger partial charge in [0.05, 0.1) is 17.7 Å². The summed E-state index contributed by atoms with van der Waals surface area (Å²) in [4.78, 5) is 42.6. The Labute approximate surface area is 205 Å². The van der Waals surface area contributed by atoms with Crippen molar-refractivity contribution in [2.75, 3.05) is 10.6 Å². The highest BCUT2D eigenvalue weighted by Gasteiger charge is 2.20. The lowest BCUT2D eigenvalue weighted by Gasteiger charge is -2.11. The van der Waals surface area contributed by atoms with Gasteiger partial charge >= 0.3 is 0 Å². The average Bonchev–Trinajstić information content (AvgIpc) is 3.40. The van der Waals surface area contributed by atoms with Crippen LogP contribution in [0.15, 0.2) is 102 Å². The van der Waals surface area contributed by atoms with E-state index in [0.717, 1.165) is 5.69 Å². The fraction of sp³-hybridized carbons (Fsp3) is 0.0385. The summed E-state index contributed by atoms with van der Waals surface area (Å²) in [6.45, 7) is 0. The van der Waals surface area contributed by atoms with Gasteiger partial charge in [0.2, 0.25) is 0 Å². The van der Waals surface area contributed by atoms with Crippen molar-refractivity contribution >= 4 is 51.2 Å². The lowest BCUT2D eigenvalue weighted by molar-refractivity contribution is -0.110. The molecule has 0 aliphatic carbocycles. The number of hydrazone groups is 1. The molecule has 0 fully saturated rings. The first-order chi connectivity index (χ1) is 17.1. The van der Waals surface area contributed by atoms with Crippen LogP contribution in [0.3, 0.4) is 0 Å². The van der Waals surface area contributed by atoms with E-state index in [0.29, 0.717) is 21.9 Å². The summed E-state index contributed by atoms with van der Waals surface area (Å²) < 4.78 is 0. The van der Waals surface area contributed by atoms with Gasteiger partial charge in [-0.3, -0.25) is 19.7 Å². The number of carbonyl (C=O) groups excluding carboxylic acids is 3. The minimum absolute atomic E-state index is 0.143. The fourth-order valence-corrected chi connectivity index (χ4v) is 3.67. The normalized spacial score (nSPS) is 10.9. The second-order valence-corrected chi connectivity index (χ2v) is 8.19. The molecule has 9 heteroatoms. The number of hydrogen-bond donors (Lipinski definition) is 3. The Morgan fingerprint density at radius 2 is 1.54 bits per heavy atom. The SMILES string of the molecule is O=C(Nc1nccs1)C(CC(=O)c1ccccc1)=NNC(=O)c1ccccc1Nc1ccccc1. The molecule has 2 amide bonds. The van der Waals surface area contributed by atoms with Gasteiger partial charge in [-0.15, -0.1) is 11.3 Å². The molecule has 0 bridgehead atoms. The second kappa shape index (κ2) is 11.5. The minimum Gasteiger partial charge on any atom is -0.355 e. The van der Waals surface area contributed by atoms with E-state index in [1.54, 1.807) is 66.2 Å². The lowest BCUT2D eigenvalue weighted by Crippen LogP contribution is -2.29. The van der Waals surface area contributed by atoms with Crippen molar-refractivity contribution in [3.8, 4) is 0 Å². The zero-order valence-corrected chi connectivity index (χ0v) is 19.3. The second-order valence-electron chi connectivity index (χ2n) is 7.29. The Kier molecular flexibility index (Phi) is 7.72. The van der Waals surface area contributed by atoms with Crippen molar-refractivity contribution in [3.05, 3.63) is 108 Å². The van der Waals surface area contributed by atoms with Crippen LogP contribution in [0.1, 0.15) is 27.1 Å². The van der Waals surface area contributed by atoms with E-state index in [4.69, 9.17) is 0 Å². The summed E-state index contributed by atoms with van der Waals surface area (Å²) >= 11 is 1.23. The van der Waals surface area contributed by atoms with Crippen molar-refractivity contribution in [3.63, 3.8) is 0 Å². The van der Waals surface area contributed by atoms with Crippen LogP contribution in [-0.2, 0) is 4.79 Å². The number of Topliss-reactive ketones (excluding diaryl/α,β-unsaturated/α-hetero) is 1. The van der Waals surface area contributed by atoms with Crippen molar-refractivity contribution in [2.45, 2.75) is 6.42 Å². The maximum absolute atomic E-state index is 13.0. The molecule has 4 rings (SSSR count). The number of thiazole rings is 1. The lowest BCUT2D eigenvalue weighted by atomic mass is 10.1. The number of amides is 2. The zero-order chi connectivity index (χ0) is 24.5. The number of para-hydroxylation sites is 2. The molecule has 1 heterocycles. The molecule has 0 spiro atoms. The molecule has 8 nitrogen and oxygen atoms in total. The van der Waals surface area contributed by atoms with Crippen LogP contribution in [0.25, 0.3) is 0 Å². The molecule has 4 aromatic rings. The van der Waals surface area contributed by atoms with Crippen LogP contribution in [0.2, 0.25) is 0 Å². The minimum atomic E-state index is -0.625. The van der Waals surface area contributed by atoms with Gasteiger partial charge in [-0.1, -0.05) is 60.7 Å². The van der Waals surface area contributed by atoms with Crippen LogP contribution < -0.4 is 16.1 Å². The number of hydrogen-bond acceptors (Lipinski definition) is 7. The van der Waals surface area contributed by atoms with Crippen molar-refractivity contribution in [2.24, 2.45) is 5.10 Å². The Hall–Kier alpha value is -4.63. The molecular weight excluding hydrogens is 462 g/mol. The predicted octanol–water partition coefficient (Wildman–Crippen LogP) is 4.88. The molecule has 0 saturated carbocycles. The first kappa shape index (κ1) is 23.5. The molecule has 0 saturated heterocycles. The van der Waals surface area contributed by atoms with Gasteiger partial charge in [0.25, 0.3) is 11.8 Å². The summed E-state index contributed by atoms with van der Waals surface area (Å²) in [6, 6.07) is 24.9. The molecule has 3 N–H and O–H groups in total. The number of rotatable bonds is 9. The first-order valence-electron chi connectivity index (χ1n) is 10.7. The largest absolute Gasteiger partial charge is 0.355 e. The maximum Gasteiger partial charge on any atom is 0.274 e. The summed E-state index contributed by atoms with van der Waals surface area (Å²) in [5, 5.41) is 11.9.